The van der Waals surface area contributed by atoms with Crippen molar-refractivity contribution in [3.63, 3.8) is 0 Å². The first-order chi connectivity index (χ1) is 8.34. The molecule has 0 aliphatic heterocycles. The summed E-state index contributed by atoms with van der Waals surface area (Å²) in [7, 11) is 0. The summed E-state index contributed by atoms with van der Waals surface area (Å²) in [6, 6.07) is 5.77. The van der Waals surface area contributed by atoms with Gasteiger partial charge in [-0.25, -0.2) is 0 Å². The van der Waals surface area contributed by atoms with E-state index >= 15 is 0 Å². The number of hydrogen-bond donors (Lipinski definition) is 1. The molecule has 1 aromatic rings. The third-order valence-electron chi connectivity index (χ3n) is 4.83. The van der Waals surface area contributed by atoms with Crippen molar-refractivity contribution in [1.82, 2.24) is 0 Å². The smallest absolute Gasteiger partial charge is 0.149 e. The summed E-state index contributed by atoms with van der Waals surface area (Å²) in [4.78, 5) is 12.6. The summed E-state index contributed by atoms with van der Waals surface area (Å²) >= 11 is 6.04. The molecule has 18 heavy (non-hydrogen) atoms. The van der Waals surface area contributed by atoms with Crippen molar-refractivity contribution in [3.05, 3.63) is 34.3 Å². The summed E-state index contributed by atoms with van der Waals surface area (Å²) in [6.45, 7) is 3.79. The molecule has 3 heteroatoms. The quantitative estimate of drug-likeness (QED) is 0.782. The average molecular weight is 265 g/mol. The topological polar surface area (TPSA) is 37.3 Å². The Morgan fingerprint density at radius 3 is 2.78 bits per heavy atom. The normalized spacial score (nSPS) is 38.4. The summed E-state index contributed by atoms with van der Waals surface area (Å²) < 4.78 is 0. The lowest BCUT2D eigenvalue weighted by Gasteiger charge is -2.49. The van der Waals surface area contributed by atoms with E-state index < -0.39 is 11.0 Å². The number of hydrogen-bond acceptors (Lipinski definition) is 2. The molecule has 3 unspecified atom stereocenters. The van der Waals surface area contributed by atoms with Crippen LogP contribution in [0.2, 0.25) is 5.02 Å². The van der Waals surface area contributed by atoms with E-state index in [9.17, 15) is 9.90 Å². The molecule has 96 valence electrons. The first kappa shape index (κ1) is 12.2. The lowest BCUT2D eigenvalue weighted by molar-refractivity contribution is -0.145. The first-order valence-electron chi connectivity index (χ1n) is 6.40. The van der Waals surface area contributed by atoms with E-state index in [1.165, 1.54) is 0 Å². The predicted octanol–water partition coefficient (Wildman–Crippen LogP) is 2.88. The van der Waals surface area contributed by atoms with Crippen molar-refractivity contribution in [2.24, 2.45) is 5.92 Å². The summed E-state index contributed by atoms with van der Waals surface area (Å²) in [5.74, 6) is -0.101. The fraction of sp³-hybridized carbons (Fsp3) is 0.533. The molecule has 2 bridgehead atoms. The van der Waals surface area contributed by atoms with Crippen molar-refractivity contribution >= 4 is 17.4 Å². The second kappa shape index (κ2) is 3.58. The Balaban J connectivity index is 2.20. The van der Waals surface area contributed by atoms with Crippen molar-refractivity contribution in [3.8, 4) is 0 Å². The summed E-state index contributed by atoms with van der Waals surface area (Å²) in [5, 5.41) is 11.1. The van der Waals surface area contributed by atoms with E-state index in [1.807, 2.05) is 25.1 Å². The van der Waals surface area contributed by atoms with Crippen LogP contribution in [-0.4, -0.2) is 16.5 Å². The Morgan fingerprint density at radius 1 is 1.33 bits per heavy atom. The highest BCUT2D eigenvalue weighted by molar-refractivity contribution is 6.30. The van der Waals surface area contributed by atoms with Gasteiger partial charge in [0, 0.05) is 5.02 Å². The van der Waals surface area contributed by atoms with Crippen molar-refractivity contribution < 1.29 is 9.90 Å². The van der Waals surface area contributed by atoms with Gasteiger partial charge < -0.3 is 5.11 Å². The van der Waals surface area contributed by atoms with E-state index in [0.717, 1.165) is 11.1 Å². The zero-order chi connectivity index (χ0) is 13.1. The average Bonchev–Trinajstić information content (AvgIpc) is 2.29. The number of aliphatic hydroxyl groups is 1. The van der Waals surface area contributed by atoms with Crippen LogP contribution in [0.5, 0.6) is 0 Å². The zero-order valence-electron chi connectivity index (χ0n) is 10.7. The molecule has 2 aliphatic carbocycles. The van der Waals surface area contributed by atoms with Gasteiger partial charge in [-0.2, -0.15) is 0 Å². The van der Waals surface area contributed by atoms with Gasteiger partial charge in [-0.05, 0) is 56.4 Å². The monoisotopic (exact) mass is 264 g/mol. The Hall–Kier alpha value is -0.860. The molecular weight excluding hydrogens is 248 g/mol. The number of fused-ring (bicyclic) bond motifs is 4. The van der Waals surface area contributed by atoms with Crippen molar-refractivity contribution in [2.45, 2.75) is 44.1 Å². The standard InChI is InChI=1S/C15H17ClO2/c1-14-5-6-15(2,18)12(13(14)17)8-9-7-10(16)3-4-11(9)14/h3-4,7,12,18H,5-6,8H2,1-2H3. The SMILES string of the molecule is CC12CCC(C)(O)C(Cc3cc(Cl)ccc31)C2=O. The van der Waals surface area contributed by atoms with Gasteiger partial charge in [0.2, 0.25) is 0 Å². The van der Waals surface area contributed by atoms with Crippen LogP contribution in [-0.2, 0) is 16.6 Å². The van der Waals surface area contributed by atoms with Crippen LogP contribution in [0.25, 0.3) is 0 Å². The molecule has 0 heterocycles. The number of halogens is 1. The van der Waals surface area contributed by atoms with Gasteiger partial charge in [-0.1, -0.05) is 17.7 Å². The first-order valence-corrected chi connectivity index (χ1v) is 6.78. The Morgan fingerprint density at radius 2 is 2.06 bits per heavy atom. The third-order valence-corrected chi connectivity index (χ3v) is 5.06. The largest absolute Gasteiger partial charge is 0.389 e. The number of carbonyl (C=O) groups is 1. The van der Waals surface area contributed by atoms with Gasteiger partial charge in [0.25, 0.3) is 0 Å². The van der Waals surface area contributed by atoms with Crippen molar-refractivity contribution in [2.75, 3.05) is 0 Å². The Labute approximate surface area is 112 Å². The fourth-order valence-electron chi connectivity index (χ4n) is 3.54. The molecule has 3 rings (SSSR count). The maximum absolute atomic E-state index is 12.6. The number of ketones is 1. The Bertz CT molecular complexity index is 535. The highest BCUT2D eigenvalue weighted by atomic mass is 35.5. The molecule has 0 aromatic heterocycles. The van der Waals surface area contributed by atoms with E-state index in [2.05, 4.69) is 0 Å². The van der Waals surface area contributed by atoms with Gasteiger partial charge >= 0.3 is 0 Å². The lowest BCUT2D eigenvalue weighted by Crippen LogP contribution is -2.56. The van der Waals surface area contributed by atoms with Crippen LogP contribution in [0, 0.1) is 5.92 Å². The number of rotatable bonds is 0. The van der Waals surface area contributed by atoms with E-state index in [4.69, 9.17) is 11.6 Å². The lowest BCUT2D eigenvalue weighted by atomic mass is 9.55. The molecule has 1 aromatic carbocycles. The number of Topliss-reactive ketones (excluding diaryl/α,β-unsaturated/α-hetero) is 1. The van der Waals surface area contributed by atoms with Gasteiger partial charge in [-0.3, -0.25) is 4.79 Å². The van der Waals surface area contributed by atoms with Gasteiger partial charge in [0.15, 0.2) is 0 Å². The molecule has 0 saturated heterocycles. The molecule has 3 atom stereocenters. The number of carbonyl (C=O) groups excluding carboxylic acids is 1. The second-order valence-electron chi connectivity index (χ2n) is 6.11. The molecule has 1 N–H and O–H groups in total. The molecule has 2 aliphatic rings. The summed E-state index contributed by atoms with van der Waals surface area (Å²) in [6.07, 6.45) is 2.00. The minimum absolute atomic E-state index is 0.188. The molecule has 0 radical (unpaired) electrons. The van der Waals surface area contributed by atoms with Gasteiger partial charge in [0.1, 0.15) is 5.78 Å². The second-order valence-corrected chi connectivity index (χ2v) is 6.55. The minimum Gasteiger partial charge on any atom is -0.389 e. The highest BCUT2D eigenvalue weighted by Gasteiger charge is 2.54. The van der Waals surface area contributed by atoms with E-state index in [1.54, 1.807) is 6.92 Å². The van der Waals surface area contributed by atoms with Gasteiger partial charge in [-0.15, -0.1) is 0 Å². The summed E-state index contributed by atoms with van der Waals surface area (Å²) in [5.41, 5.74) is 0.903. The molecular formula is C15H17ClO2. The van der Waals surface area contributed by atoms with Gasteiger partial charge in [0.05, 0.1) is 16.9 Å². The van der Waals surface area contributed by atoms with Crippen LogP contribution >= 0.6 is 11.6 Å². The third kappa shape index (κ3) is 1.49. The maximum atomic E-state index is 12.6. The Kier molecular flexibility index (Phi) is 2.43. The van der Waals surface area contributed by atoms with Crippen LogP contribution < -0.4 is 0 Å². The molecule has 0 amide bonds. The fourth-order valence-corrected chi connectivity index (χ4v) is 3.73. The minimum atomic E-state index is -0.878. The van der Waals surface area contributed by atoms with E-state index in [0.29, 0.717) is 24.3 Å². The zero-order valence-corrected chi connectivity index (χ0v) is 11.4. The van der Waals surface area contributed by atoms with Crippen LogP contribution in [0.15, 0.2) is 18.2 Å². The van der Waals surface area contributed by atoms with Crippen molar-refractivity contribution in [1.29, 1.82) is 0 Å². The van der Waals surface area contributed by atoms with E-state index in [-0.39, 0.29) is 11.7 Å². The predicted molar refractivity (Wildman–Crippen MR) is 70.9 cm³/mol. The molecule has 1 fully saturated rings. The number of benzene rings is 1. The van der Waals surface area contributed by atoms with Crippen LogP contribution in [0.4, 0.5) is 0 Å². The maximum Gasteiger partial charge on any atom is 0.149 e. The highest BCUT2D eigenvalue weighted by Crippen LogP contribution is 2.49. The molecule has 1 saturated carbocycles. The van der Waals surface area contributed by atoms with Crippen LogP contribution in [0.1, 0.15) is 37.8 Å². The molecule has 2 nitrogen and oxygen atoms in total. The van der Waals surface area contributed by atoms with Crippen LogP contribution in [0.3, 0.4) is 0 Å². The molecule has 0 spiro atoms.